The average molecular weight is 484 g/mol. The molecule has 0 saturated carbocycles. The van der Waals surface area contributed by atoms with Crippen LogP contribution in [-0.4, -0.2) is 42.8 Å². The summed E-state index contributed by atoms with van der Waals surface area (Å²) in [6.45, 7) is 3.94. The second kappa shape index (κ2) is 9.03. The Bertz CT molecular complexity index is 1380. The zero-order valence-corrected chi connectivity index (χ0v) is 20.1. The molecule has 3 aromatic rings. The van der Waals surface area contributed by atoms with Crippen LogP contribution in [0.3, 0.4) is 0 Å². The number of piperidine rings is 1. The van der Waals surface area contributed by atoms with Crippen molar-refractivity contribution in [3.05, 3.63) is 58.6 Å². The lowest BCUT2D eigenvalue weighted by atomic mass is 9.94. The fourth-order valence-corrected chi connectivity index (χ4v) is 6.59. The van der Waals surface area contributed by atoms with E-state index >= 15 is 0 Å². The molecule has 3 heterocycles. The maximum absolute atomic E-state index is 13.2. The number of nitrogens with zero attached hydrogens (tertiary/aromatic N) is 3. The molecule has 8 nitrogen and oxygen atoms in total. The third-order valence-electron chi connectivity index (χ3n) is 6.95. The number of amides is 1. The number of sulfonamides is 1. The van der Waals surface area contributed by atoms with Gasteiger partial charge in [0.25, 0.3) is 0 Å². The maximum atomic E-state index is 13.2. The molecule has 2 aliphatic heterocycles. The highest BCUT2D eigenvalue weighted by atomic mass is 32.2. The topological polar surface area (TPSA) is 92.8 Å². The van der Waals surface area contributed by atoms with Crippen LogP contribution in [0.15, 0.2) is 56.6 Å². The highest BCUT2D eigenvalue weighted by molar-refractivity contribution is 7.89. The van der Waals surface area contributed by atoms with Gasteiger partial charge in [-0.1, -0.05) is 25.1 Å². The number of benzene rings is 2. The van der Waals surface area contributed by atoms with E-state index in [-0.39, 0.29) is 22.3 Å². The van der Waals surface area contributed by atoms with E-state index in [4.69, 9.17) is 4.42 Å². The predicted octanol–water partition coefficient (Wildman–Crippen LogP) is 3.38. The molecule has 1 fully saturated rings. The summed E-state index contributed by atoms with van der Waals surface area (Å²) in [5.74, 6) is -0.198. The summed E-state index contributed by atoms with van der Waals surface area (Å²) in [4.78, 5) is 27.0. The van der Waals surface area contributed by atoms with E-state index in [1.165, 1.54) is 20.5 Å². The van der Waals surface area contributed by atoms with E-state index < -0.39 is 15.8 Å². The largest absolute Gasteiger partial charge is 0.419 e. The third-order valence-corrected chi connectivity index (χ3v) is 8.84. The number of hydrogen-bond donors (Lipinski definition) is 0. The van der Waals surface area contributed by atoms with Gasteiger partial charge >= 0.3 is 5.76 Å². The number of aryl methyl sites for hydroxylation is 1. The van der Waals surface area contributed by atoms with Gasteiger partial charge < -0.3 is 9.32 Å². The minimum Gasteiger partial charge on any atom is -0.408 e. The fraction of sp³-hybridized carbons (Fsp3) is 0.440. The lowest BCUT2D eigenvalue weighted by Gasteiger charge is -2.31. The van der Waals surface area contributed by atoms with E-state index in [2.05, 4.69) is 6.07 Å². The normalized spacial score (nSPS) is 17.4. The van der Waals surface area contributed by atoms with Crippen molar-refractivity contribution in [2.45, 2.75) is 50.5 Å². The van der Waals surface area contributed by atoms with Gasteiger partial charge in [0.2, 0.25) is 15.9 Å². The summed E-state index contributed by atoms with van der Waals surface area (Å²) >= 11 is 0. The van der Waals surface area contributed by atoms with Crippen LogP contribution >= 0.6 is 0 Å². The van der Waals surface area contributed by atoms with Crippen molar-refractivity contribution >= 4 is 32.7 Å². The molecule has 2 aliphatic rings. The van der Waals surface area contributed by atoms with Crippen molar-refractivity contribution < 1.29 is 17.6 Å². The number of fused-ring (bicyclic) bond motifs is 2. The maximum Gasteiger partial charge on any atom is 0.419 e. The van der Waals surface area contributed by atoms with Crippen LogP contribution in [0.25, 0.3) is 11.1 Å². The Hall–Kier alpha value is -2.91. The number of aromatic nitrogens is 1. The van der Waals surface area contributed by atoms with E-state index in [0.29, 0.717) is 51.0 Å². The molecule has 0 radical (unpaired) electrons. The Balaban J connectivity index is 1.24. The third kappa shape index (κ3) is 4.07. The van der Waals surface area contributed by atoms with Gasteiger partial charge in [-0.05, 0) is 55.4 Å². The average Bonchev–Trinajstić information content (AvgIpc) is 3.40. The van der Waals surface area contributed by atoms with Gasteiger partial charge in [-0.3, -0.25) is 9.36 Å². The molecule has 0 bridgehead atoms. The molecule has 5 rings (SSSR count). The molecule has 180 valence electrons. The second-order valence-electron chi connectivity index (χ2n) is 9.12. The number of anilines is 1. The monoisotopic (exact) mass is 483 g/mol. The quantitative estimate of drug-likeness (QED) is 0.536. The number of hydrogen-bond acceptors (Lipinski definition) is 5. The predicted molar refractivity (Wildman–Crippen MR) is 129 cm³/mol. The zero-order valence-electron chi connectivity index (χ0n) is 19.3. The molecule has 0 aliphatic carbocycles. The van der Waals surface area contributed by atoms with Crippen molar-refractivity contribution in [2.75, 3.05) is 24.5 Å². The van der Waals surface area contributed by atoms with Gasteiger partial charge in [-0.2, -0.15) is 4.31 Å². The molecule has 2 aromatic carbocycles. The number of rotatable bonds is 6. The van der Waals surface area contributed by atoms with Crippen LogP contribution in [0, 0.1) is 5.92 Å². The van der Waals surface area contributed by atoms with E-state index in [1.807, 2.05) is 30.0 Å². The van der Waals surface area contributed by atoms with Crippen molar-refractivity contribution in [1.82, 2.24) is 8.87 Å². The minimum absolute atomic E-state index is 0.114. The SMILES string of the molecule is CCCn1c(=O)oc2cc(S(=O)(=O)N3CCC(CC(=O)N4CCc5ccccc54)CC3)ccc21. The number of carbonyl (C=O) groups excluding carboxylic acids is 1. The van der Waals surface area contributed by atoms with Crippen LogP contribution in [0.1, 0.15) is 38.2 Å². The Labute approximate surface area is 198 Å². The fourth-order valence-electron chi connectivity index (χ4n) is 5.10. The summed E-state index contributed by atoms with van der Waals surface area (Å²) < 4.78 is 34.8. The van der Waals surface area contributed by atoms with Crippen molar-refractivity contribution in [1.29, 1.82) is 0 Å². The first kappa shape index (κ1) is 22.9. The lowest BCUT2D eigenvalue weighted by Crippen LogP contribution is -2.40. The number of oxazole rings is 1. The minimum atomic E-state index is -3.71. The zero-order chi connectivity index (χ0) is 23.9. The van der Waals surface area contributed by atoms with E-state index in [9.17, 15) is 18.0 Å². The van der Waals surface area contributed by atoms with Crippen molar-refractivity contribution in [2.24, 2.45) is 5.92 Å². The van der Waals surface area contributed by atoms with Crippen molar-refractivity contribution in [3.8, 4) is 0 Å². The van der Waals surface area contributed by atoms with Gasteiger partial charge in [0.1, 0.15) is 0 Å². The molecule has 34 heavy (non-hydrogen) atoms. The summed E-state index contributed by atoms with van der Waals surface area (Å²) in [6.07, 6.45) is 3.38. The van der Waals surface area contributed by atoms with Gasteiger partial charge in [0.05, 0.1) is 10.4 Å². The Kier molecular flexibility index (Phi) is 6.07. The summed E-state index contributed by atoms with van der Waals surface area (Å²) in [5, 5.41) is 0. The van der Waals surface area contributed by atoms with Gasteiger partial charge in [0.15, 0.2) is 5.58 Å². The van der Waals surface area contributed by atoms with Crippen LogP contribution in [-0.2, 0) is 27.8 Å². The van der Waals surface area contributed by atoms with Crippen LogP contribution in [0.5, 0.6) is 0 Å². The smallest absolute Gasteiger partial charge is 0.408 e. The first-order valence-electron chi connectivity index (χ1n) is 11.9. The molecular formula is C25H29N3O5S. The van der Waals surface area contributed by atoms with Crippen LogP contribution < -0.4 is 10.7 Å². The van der Waals surface area contributed by atoms with Gasteiger partial charge in [0, 0.05) is 44.4 Å². The summed E-state index contributed by atoms with van der Waals surface area (Å²) in [5.41, 5.74) is 3.09. The summed E-state index contributed by atoms with van der Waals surface area (Å²) in [7, 11) is -3.71. The molecule has 0 unspecified atom stereocenters. The number of para-hydroxylation sites is 1. The van der Waals surface area contributed by atoms with Crippen molar-refractivity contribution in [3.63, 3.8) is 0 Å². The Morgan fingerprint density at radius 2 is 1.85 bits per heavy atom. The molecular weight excluding hydrogens is 454 g/mol. The second-order valence-corrected chi connectivity index (χ2v) is 11.1. The standard InChI is InChI=1S/C25H29N3O5S/c1-2-12-28-22-8-7-20(17-23(22)33-25(28)30)34(31,32)26-13-9-18(10-14-26)16-24(29)27-15-11-19-5-3-4-6-21(19)27/h3-8,17-18H,2,9-16H2,1H3. The van der Waals surface area contributed by atoms with E-state index in [1.54, 1.807) is 12.1 Å². The molecule has 1 amide bonds. The molecule has 1 aromatic heterocycles. The highest BCUT2D eigenvalue weighted by Gasteiger charge is 2.32. The molecule has 9 heteroatoms. The first-order chi connectivity index (χ1) is 16.4. The molecule has 0 spiro atoms. The summed E-state index contributed by atoms with van der Waals surface area (Å²) in [6, 6.07) is 12.6. The van der Waals surface area contributed by atoms with Crippen LogP contribution in [0.2, 0.25) is 0 Å². The Morgan fingerprint density at radius 3 is 2.62 bits per heavy atom. The first-order valence-corrected chi connectivity index (χ1v) is 13.3. The lowest BCUT2D eigenvalue weighted by molar-refractivity contribution is -0.119. The van der Waals surface area contributed by atoms with E-state index in [0.717, 1.165) is 18.5 Å². The molecule has 0 atom stereocenters. The highest BCUT2D eigenvalue weighted by Crippen LogP contribution is 2.31. The van der Waals surface area contributed by atoms with Crippen LogP contribution in [0.4, 0.5) is 5.69 Å². The Morgan fingerprint density at radius 1 is 1.09 bits per heavy atom. The molecule has 1 saturated heterocycles. The molecule has 0 N–H and O–H groups in total. The number of carbonyl (C=O) groups is 1. The van der Waals surface area contributed by atoms with Gasteiger partial charge in [-0.15, -0.1) is 0 Å². The van der Waals surface area contributed by atoms with Gasteiger partial charge in [-0.25, -0.2) is 13.2 Å².